The van der Waals surface area contributed by atoms with Crippen LogP contribution in [-0.2, 0) is 4.79 Å². The molecule has 0 N–H and O–H groups in total. The average molecular weight is 216 g/mol. The summed E-state index contributed by atoms with van der Waals surface area (Å²) < 4.78 is 5.39. The molecule has 84 valence electrons. The van der Waals surface area contributed by atoms with Gasteiger partial charge in [0.25, 0.3) is 0 Å². The highest BCUT2D eigenvalue weighted by Gasteiger charge is 2.21. The van der Waals surface area contributed by atoms with Crippen molar-refractivity contribution in [3.05, 3.63) is 29.8 Å². The van der Waals surface area contributed by atoms with Crippen molar-refractivity contribution in [2.45, 2.75) is 20.8 Å². The van der Waals surface area contributed by atoms with Gasteiger partial charge >= 0.3 is 0 Å². The van der Waals surface area contributed by atoms with Crippen LogP contribution in [0.1, 0.15) is 26.3 Å². The van der Waals surface area contributed by atoms with Gasteiger partial charge in [0.1, 0.15) is 12.4 Å². The molecule has 2 nitrogen and oxygen atoms in total. The SMILES string of the molecule is C#Cc1cccc(OCC(=O)C(C)(C)C)c1. The third-order valence-corrected chi connectivity index (χ3v) is 2.21. The van der Waals surface area contributed by atoms with Gasteiger partial charge in [-0.3, -0.25) is 4.79 Å². The molecule has 1 aromatic rings. The second-order valence-electron chi connectivity index (χ2n) is 4.63. The molecule has 0 amide bonds. The number of hydrogen-bond acceptors (Lipinski definition) is 2. The van der Waals surface area contributed by atoms with E-state index in [9.17, 15) is 4.79 Å². The summed E-state index contributed by atoms with van der Waals surface area (Å²) in [6.45, 7) is 5.70. The summed E-state index contributed by atoms with van der Waals surface area (Å²) in [4.78, 5) is 11.6. The van der Waals surface area contributed by atoms with Gasteiger partial charge in [0.2, 0.25) is 0 Å². The van der Waals surface area contributed by atoms with Crippen molar-refractivity contribution in [1.82, 2.24) is 0 Å². The highest BCUT2D eigenvalue weighted by Crippen LogP contribution is 2.17. The van der Waals surface area contributed by atoms with E-state index in [1.54, 1.807) is 12.1 Å². The molecule has 0 radical (unpaired) electrons. The predicted octanol–water partition coefficient (Wildman–Crippen LogP) is 2.66. The Hall–Kier alpha value is -1.75. The molecule has 0 spiro atoms. The van der Waals surface area contributed by atoms with Crippen LogP contribution in [0.3, 0.4) is 0 Å². The molecule has 0 aliphatic heterocycles. The second-order valence-corrected chi connectivity index (χ2v) is 4.63. The van der Waals surface area contributed by atoms with E-state index in [1.165, 1.54) is 0 Å². The number of carbonyl (C=O) groups is 1. The van der Waals surface area contributed by atoms with Crippen molar-refractivity contribution in [3.8, 4) is 18.1 Å². The minimum atomic E-state index is -0.371. The Bertz CT molecular complexity index is 419. The standard InChI is InChI=1S/C14H16O2/c1-5-11-7-6-8-12(9-11)16-10-13(15)14(2,3)4/h1,6-9H,10H2,2-4H3. The molecule has 0 atom stereocenters. The van der Waals surface area contributed by atoms with E-state index < -0.39 is 0 Å². The zero-order chi connectivity index (χ0) is 12.2. The molecular weight excluding hydrogens is 200 g/mol. The fraction of sp³-hybridized carbons (Fsp3) is 0.357. The number of ketones is 1. The van der Waals surface area contributed by atoms with Crippen LogP contribution in [0.15, 0.2) is 24.3 Å². The Morgan fingerprint density at radius 2 is 2.12 bits per heavy atom. The number of benzene rings is 1. The lowest BCUT2D eigenvalue weighted by atomic mass is 9.91. The highest BCUT2D eigenvalue weighted by molar-refractivity contribution is 5.85. The van der Waals surface area contributed by atoms with Gasteiger partial charge in [-0.1, -0.05) is 32.8 Å². The lowest BCUT2D eigenvalue weighted by Crippen LogP contribution is -2.26. The zero-order valence-corrected chi connectivity index (χ0v) is 9.91. The van der Waals surface area contributed by atoms with Crippen LogP contribution in [0.4, 0.5) is 0 Å². The first-order valence-corrected chi connectivity index (χ1v) is 5.16. The van der Waals surface area contributed by atoms with Crippen LogP contribution >= 0.6 is 0 Å². The molecule has 0 fully saturated rings. The van der Waals surface area contributed by atoms with E-state index in [0.717, 1.165) is 5.56 Å². The van der Waals surface area contributed by atoms with Crippen LogP contribution in [0.2, 0.25) is 0 Å². The van der Waals surface area contributed by atoms with Gasteiger partial charge in [0.15, 0.2) is 5.78 Å². The number of rotatable bonds is 3. The van der Waals surface area contributed by atoms with Gasteiger partial charge in [-0.15, -0.1) is 6.42 Å². The molecule has 0 aromatic heterocycles. The van der Waals surface area contributed by atoms with Crippen LogP contribution in [0.5, 0.6) is 5.75 Å². The van der Waals surface area contributed by atoms with Gasteiger partial charge < -0.3 is 4.74 Å². The number of hydrogen-bond donors (Lipinski definition) is 0. The van der Waals surface area contributed by atoms with E-state index in [4.69, 9.17) is 11.2 Å². The summed E-state index contributed by atoms with van der Waals surface area (Å²) in [5.41, 5.74) is 0.379. The number of terminal acetylenes is 1. The maximum absolute atomic E-state index is 11.6. The van der Waals surface area contributed by atoms with Crippen LogP contribution in [0.25, 0.3) is 0 Å². The van der Waals surface area contributed by atoms with E-state index >= 15 is 0 Å². The minimum absolute atomic E-state index is 0.0682. The summed E-state index contributed by atoms with van der Waals surface area (Å²) in [5, 5.41) is 0. The van der Waals surface area contributed by atoms with Crippen molar-refractivity contribution in [2.24, 2.45) is 5.41 Å². The molecule has 16 heavy (non-hydrogen) atoms. The van der Waals surface area contributed by atoms with Gasteiger partial charge in [-0.25, -0.2) is 0 Å². The first-order valence-electron chi connectivity index (χ1n) is 5.16. The third-order valence-electron chi connectivity index (χ3n) is 2.21. The zero-order valence-electron chi connectivity index (χ0n) is 9.91. The monoisotopic (exact) mass is 216 g/mol. The van der Waals surface area contributed by atoms with Crippen molar-refractivity contribution >= 4 is 5.78 Å². The van der Waals surface area contributed by atoms with Gasteiger partial charge in [-0.2, -0.15) is 0 Å². The Kier molecular flexibility index (Phi) is 3.73. The molecule has 1 aromatic carbocycles. The first kappa shape index (κ1) is 12.3. The summed E-state index contributed by atoms with van der Waals surface area (Å²) in [6.07, 6.45) is 5.27. The van der Waals surface area contributed by atoms with Gasteiger partial charge in [0.05, 0.1) is 0 Å². The fourth-order valence-corrected chi connectivity index (χ4v) is 1.04. The maximum atomic E-state index is 11.6. The highest BCUT2D eigenvalue weighted by atomic mass is 16.5. The van der Waals surface area contributed by atoms with Crippen LogP contribution in [-0.4, -0.2) is 12.4 Å². The second kappa shape index (κ2) is 4.85. The minimum Gasteiger partial charge on any atom is -0.486 e. The molecule has 1 rings (SSSR count). The van der Waals surface area contributed by atoms with E-state index in [-0.39, 0.29) is 17.8 Å². The molecule has 0 aliphatic carbocycles. The molecule has 0 aliphatic rings. The van der Waals surface area contributed by atoms with E-state index in [1.807, 2.05) is 32.9 Å². The lowest BCUT2D eigenvalue weighted by molar-refractivity contribution is -0.128. The first-order chi connectivity index (χ1) is 7.43. The molecule has 0 saturated carbocycles. The number of carbonyl (C=O) groups excluding carboxylic acids is 1. The number of ether oxygens (including phenoxy) is 1. The Morgan fingerprint density at radius 3 is 2.69 bits per heavy atom. The van der Waals surface area contributed by atoms with Crippen LogP contribution < -0.4 is 4.74 Å². The Balaban J connectivity index is 2.62. The molecule has 0 heterocycles. The van der Waals surface area contributed by atoms with Crippen molar-refractivity contribution in [3.63, 3.8) is 0 Å². The summed E-state index contributed by atoms with van der Waals surface area (Å²) in [7, 11) is 0. The largest absolute Gasteiger partial charge is 0.486 e. The molecule has 0 bridgehead atoms. The summed E-state index contributed by atoms with van der Waals surface area (Å²) >= 11 is 0. The molecule has 2 heteroatoms. The Morgan fingerprint density at radius 1 is 1.44 bits per heavy atom. The smallest absolute Gasteiger partial charge is 0.175 e. The molecule has 0 saturated heterocycles. The third kappa shape index (κ3) is 3.43. The lowest BCUT2D eigenvalue weighted by Gasteiger charge is -2.16. The topological polar surface area (TPSA) is 26.3 Å². The predicted molar refractivity (Wildman–Crippen MR) is 64.3 cm³/mol. The molecular formula is C14H16O2. The summed E-state index contributed by atoms with van der Waals surface area (Å²) in [6, 6.07) is 7.16. The van der Waals surface area contributed by atoms with Crippen molar-refractivity contribution in [1.29, 1.82) is 0 Å². The summed E-state index contributed by atoms with van der Waals surface area (Å²) in [5.74, 6) is 3.22. The van der Waals surface area contributed by atoms with Crippen LogP contribution in [0, 0.1) is 17.8 Å². The van der Waals surface area contributed by atoms with Gasteiger partial charge in [-0.05, 0) is 18.2 Å². The van der Waals surface area contributed by atoms with Crippen molar-refractivity contribution in [2.75, 3.05) is 6.61 Å². The number of Topliss-reactive ketones (excluding diaryl/α,β-unsaturated/α-hetero) is 1. The van der Waals surface area contributed by atoms with E-state index in [2.05, 4.69) is 5.92 Å². The van der Waals surface area contributed by atoms with Crippen molar-refractivity contribution < 1.29 is 9.53 Å². The average Bonchev–Trinajstić information content (AvgIpc) is 2.25. The van der Waals surface area contributed by atoms with Gasteiger partial charge in [0, 0.05) is 11.0 Å². The quantitative estimate of drug-likeness (QED) is 0.726. The maximum Gasteiger partial charge on any atom is 0.175 e. The van der Waals surface area contributed by atoms with E-state index in [0.29, 0.717) is 5.75 Å². The Labute approximate surface area is 96.6 Å². The normalized spacial score (nSPS) is 10.6. The molecule has 0 unspecified atom stereocenters. The fourth-order valence-electron chi connectivity index (χ4n) is 1.04.